The lowest BCUT2D eigenvalue weighted by atomic mass is 10.1. The van der Waals surface area contributed by atoms with Gasteiger partial charge in [0.1, 0.15) is 11.6 Å². The lowest BCUT2D eigenvalue weighted by Crippen LogP contribution is -2.25. The van der Waals surface area contributed by atoms with E-state index in [1.54, 1.807) is 18.2 Å². The summed E-state index contributed by atoms with van der Waals surface area (Å²) in [6.45, 7) is 2.59. The van der Waals surface area contributed by atoms with Gasteiger partial charge in [0.15, 0.2) is 0 Å². The molecule has 0 atom stereocenters. The Labute approximate surface area is 122 Å². The number of nitriles is 1. The van der Waals surface area contributed by atoms with Crippen molar-refractivity contribution in [2.24, 2.45) is 0 Å². The van der Waals surface area contributed by atoms with E-state index in [4.69, 9.17) is 28.5 Å². The molecular weight excluding hydrogens is 283 g/mol. The number of hydrogen-bond donors (Lipinski definition) is 1. The molecule has 0 saturated heterocycles. The van der Waals surface area contributed by atoms with Crippen LogP contribution >= 0.6 is 23.2 Å². The van der Waals surface area contributed by atoms with E-state index in [1.807, 2.05) is 13.0 Å². The van der Waals surface area contributed by atoms with Gasteiger partial charge in [-0.3, -0.25) is 4.79 Å². The fraction of sp³-hybridized carbons (Fsp3) is 0.286. The molecule has 0 radical (unpaired) electrons. The van der Waals surface area contributed by atoms with E-state index >= 15 is 0 Å². The molecule has 0 aliphatic carbocycles. The van der Waals surface area contributed by atoms with E-state index in [9.17, 15) is 4.79 Å². The minimum absolute atomic E-state index is 0.0281. The zero-order valence-electron chi connectivity index (χ0n) is 10.5. The predicted molar refractivity (Wildman–Crippen MR) is 78.0 cm³/mol. The fourth-order valence-electron chi connectivity index (χ4n) is 1.40. The van der Waals surface area contributed by atoms with Crippen LogP contribution in [0.5, 0.6) is 0 Å². The van der Waals surface area contributed by atoms with Crippen LogP contribution in [0.25, 0.3) is 6.08 Å². The van der Waals surface area contributed by atoms with Crippen molar-refractivity contribution in [2.45, 2.75) is 19.8 Å². The molecule has 1 aromatic carbocycles. The molecule has 0 spiro atoms. The molecule has 1 rings (SSSR count). The second-order valence-electron chi connectivity index (χ2n) is 3.95. The standard InChI is InChI=1S/C14H14Cl2N2O/c1-2-3-6-18-14(19)11(9-17)7-10-4-5-12(15)8-13(10)16/h4-5,7-8H,2-3,6H2,1H3,(H,18,19)/b11-7-. The number of nitrogens with zero attached hydrogens (tertiary/aromatic N) is 1. The first kappa shape index (κ1) is 15.6. The second-order valence-corrected chi connectivity index (χ2v) is 4.79. The molecule has 0 fully saturated rings. The Hall–Kier alpha value is -1.50. The van der Waals surface area contributed by atoms with Crippen LogP contribution < -0.4 is 5.32 Å². The monoisotopic (exact) mass is 296 g/mol. The molecule has 1 aromatic rings. The predicted octanol–water partition coefficient (Wildman–Crippen LogP) is 3.82. The van der Waals surface area contributed by atoms with Crippen molar-refractivity contribution in [1.29, 1.82) is 5.26 Å². The molecule has 0 bridgehead atoms. The van der Waals surface area contributed by atoms with E-state index < -0.39 is 0 Å². The third kappa shape index (κ3) is 4.94. The lowest BCUT2D eigenvalue weighted by Gasteiger charge is -2.04. The quantitative estimate of drug-likeness (QED) is 0.510. The summed E-state index contributed by atoms with van der Waals surface area (Å²) >= 11 is 11.8. The molecule has 100 valence electrons. The summed E-state index contributed by atoms with van der Waals surface area (Å²) in [7, 11) is 0. The van der Waals surface area contributed by atoms with Crippen LogP contribution in [0.15, 0.2) is 23.8 Å². The van der Waals surface area contributed by atoms with E-state index in [-0.39, 0.29) is 11.5 Å². The van der Waals surface area contributed by atoms with Gasteiger partial charge in [-0.1, -0.05) is 42.6 Å². The van der Waals surface area contributed by atoms with Gasteiger partial charge in [-0.05, 0) is 30.2 Å². The first-order valence-electron chi connectivity index (χ1n) is 5.93. The number of nitrogens with one attached hydrogen (secondary N) is 1. The Bertz CT molecular complexity index is 533. The van der Waals surface area contributed by atoms with Gasteiger partial charge < -0.3 is 5.32 Å². The third-order valence-corrected chi connectivity index (χ3v) is 3.01. The smallest absolute Gasteiger partial charge is 0.261 e. The molecule has 0 unspecified atom stereocenters. The van der Waals surface area contributed by atoms with Gasteiger partial charge in [0.2, 0.25) is 0 Å². The van der Waals surface area contributed by atoms with Crippen LogP contribution in [0.1, 0.15) is 25.3 Å². The van der Waals surface area contributed by atoms with E-state index in [2.05, 4.69) is 5.32 Å². The molecule has 0 aromatic heterocycles. The Morgan fingerprint density at radius 2 is 2.21 bits per heavy atom. The highest BCUT2D eigenvalue weighted by Gasteiger charge is 2.09. The summed E-state index contributed by atoms with van der Waals surface area (Å²) in [5.74, 6) is -0.387. The maximum atomic E-state index is 11.8. The summed E-state index contributed by atoms with van der Waals surface area (Å²) in [5.41, 5.74) is 0.619. The molecule has 1 amide bonds. The van der Waals surface area contributed by atoms with Crippen LogP contribution in [-0.4, -0.2) is 12.5 Å². The van der Waals surface area contributed by atoms with E-state index in [0.29, 0.717) is 22.2 Å². The van der Waals surface area contributed by atoms with Gasteiger partial charge in [-0.15, -0.1) is 0 Å². The second kappa shape index (κ2) is 7.83. The molecule has 1 N–H and O–H groups in total. The zero-order chi connectivity index (χ0) is 14.3. The molecular formula is C14H14Cl2N2O. The highest BCUT2D eigenvalue weighted by Crippen LogP contribution is 2.23. The van der Waals surface area contributed by atoms with Crippen molar-refractivity contribution < 1.29 is 4.79 Å². The summed E-state index contributed by atoms with van der Waals surface area (Å²) < 4.78 is 0. The van der Waals surface area contributed by atoms with Crippen molar-refractivity contribution >= 4 is 35.2 Å². The van der Waals surface area contributed by atoms with Gasteiger partial charge in [0, 0.05) is 16.6 Å². The summed E-state index contributed by atoms with van der Waals surface area (Å²) in [4.78, 5) is 11.8. The number of hydrogen-bond acceptors (Lipinski definition) is 2. The van der Waals surface area contributed by atoms with Crippen LogP contribution in [0.3, 0.4) is 0 Å². The maximum absolute atomic E-state index is 11.8. The highest BCUT2D eigenvalue weighted by atomic mass is 35.5. The molecule has 19 heavy (non-hydrogen) atoms. The fourth-order valence-corrected chi connectivity index (χ4v) is 1.86. The minimum atomic E-state index is -0.387. The summed E-state index contributed by atoms with van der Waals surface area (Å²) in [6, 6.07) is 6.77. The number of benzene rings is 1. The van der Waals surface area contributed by atoms with E-state index in [1.165, 1.54) is 6.08 Å². The minimum Gasteiger partial charge on any atom is -0.351 e. The number of rotatable bonds is 5. The molecule has 5 heteroatoms. The number of unbranched alkanes of at least 4 members (excludes halogenated alkanes) is 1. The SMILES string of the molecule is CCCCNC(=O)/C(C#N)=C\c1ccc(Cl)cc1Cl. The lowest BCUT2D eigenvalue weighted by molar-refractivity contribution is -0.117. The molecule has 0 saturated carbocycles. The van der Waals surface area contributed by atoms with Crippen LogP contribution in [0, 0.1) is 11.3 Å². The molecule has 0 aliphatic rings. The Kier molecular flexibility index (Phi) is 6.41. The van der Waals surface area contributed by atoms with Crippen molar-refractivity contribution in [3.8, 4) is 6.07 Å². The van der Waals surface area contributed by atoms with Gasteiger partial charge in [0.25, 0.3) is 5.91 Å². The number of carbonyl (C=O) groups excluding carboxylic acids is 1. The Balaban J connectivity index is 2.87. The van der Waals surface area contributed by atoms with Crippen molar-refractivity contribution in [2.75, 3.05) is 6.54 Å². The third-order valence-electron chi connectivity index (χ3n) is 2.44. The van der Waals surface area contributed by atoms with Crippen LogP contribution in [0.4, 0.5) is 0 Å². The van der Waals surface area contributed by atoms with Crippen molar-refractivity contribution in [1.82, 2.24) is 5.32 Å². The highest BCUT2D eigenvalue weighted by molar-refractivity contribution is 6.35. The van der Waals surface area contributed by atoms with Gasteiger partial charge in [-0.25, -0.2) is 0 Å². The van der Waals surface area contributed by atoms with Crippen LogP contribution in [0.2, 0.25) is 10.0 Å². The first-order chi connectivity index (χ1) is 9.08. The average Bonchev–Trinajstić information content (AvgIpc) is 2.38. The van der Waals surface area contributed by atoms with Gasteiger partial charge in [0.05, 0.1) is 0 Å². The Morgan fingerprint density at radius 1 is 1.47 bits per heavy atom. The molecule has 0 aliphatic heterocycles. The summed E-state index contributed by atoms with van der Waals surface area (Å²) in [5, 5.41) is 12.6. The number of carbonyl (C=O) groups is 1. The zero-order valence-corrected chi connectivity index (χ0v) is 12.1. The van der Waals surface area contributed by atoms with Crippen molar-refractivity contribution in [3.05, 3.63) is 39.4 Å². The molecule has 0 heterocycles. The maximum Gasteiger partial charge on any atom is 0.261 e. The van der Waals surface area contributed by atoms with Crippen molar-refractivity contribution in [3.63, 3.8) is 0 Å². The topological polar surface area (TPSA) is 52.9 Å². The van der Waals surface area contributed by atoms with Crippen LogP contribution in [-0.2, 0) is 4.79 Å². The molecule has 3 nitrogen and oxygen atoms in total. The van der Waals surface area contributed by atoms with Gasteiger partial charge >= 0.3 is 0 Å². The number of amides is 1. The van der Waals surface area contributed by atoms with Gasteiger partial charge in [-0.2, -0.15) is 5.26 Å². The largest absolute Gasteiger partial charge is 0.351 e. The first-order valence-corrected chi connectivity index (χ1v) is 6.69. The normalized spacial score (nSPS) is 10.9. The number of halogens is 2. The van der Waals surface area contributed by atoms with E-state index in [0.717, 1.165) is 12.8 Å². The average molecular weight is 297 g/mol. The summed E-state index contributed by atoms with van der Waals surface area (Å²) in [6.07, 6.45) is 3.32. The Morgan fingerprint density at radius 3 is 2.79 bits per heavy atom.